The van der Waals surface area contributed by atoms with Crippen LogP contribution < -0.4 is 15.8 Å². The maximum absolute atomic E-state index is 12.4. The van der Waals surface area contributed by atoms with Gasteiger partial charge in [-0.15, -0.1) is 0 Å². The van der Waals surface area contributed by atoms with E-state index in [0.717, 1.165) is 0 Å². The number of anilines is 2. The van der Waals surface area contributed by atoms with E-state index < -0.39 is 0 Å². The highest BCUT2D eigenvalue weighted by molar-refractivity contribution is 9.10. The lowest BCUT2D eigenvalue weighted by atomic mass is 10.1. The zero-order chi connectivity index (χ0) is 14.5. The molecule has 6 heteroatoms. The fraction of sp³-hybridized carbons (Fsp3) is 0.143. The molecule has 0 aliphatic carbocycles. The lowest BCUT2D eigenvalue weighted by molar-refractivity contribution is 0.102. The third-order valence-corrected chi connectivity index (χ3v) is 3.24. The van der Waals surface area contributed by atoms with E-state index in [2.05, 4.69) is 26.2 Å². The molecule has 1 heterocycles. The minimum absolute atomic E-state index is 0.321. The predicted octanol–water partition coefficient (Wildman–Crippen LogP) is 3.08. The monoisotopic (exact) mass is 335 g/mol. The van der Waals surface area contributed by atoms with E-state index in [1.54, 1.807) is 36.7 Å². The number of hydrogen-bond donors (Lipinski definition) is 2. The molecule has 104 valence electrons. The van der Waals surface area contributed by atoms with Crippen LogP contribution in [-0.4, -0.2) is 17.5 Å². The molecule has 2 aromatic rings. The van der Waals surface area contributed by atoms with Crippen molar-refractivity contribution < 1.29 is 9.53 Å². The highest BCUT2D eigenvalue weighted by Crippen LogP contribution is 2.27. The lowest BCUT2D eigenvalue weighted by Gasteiger charge is -2.13. The normalized spacial score (nSPS) is 10.1. The molecule has 0 bridgehead atoms. The molecule has 3 N–H and O–H groups in total. The molecule has 2 rings (SSSR count). The standard InChI is InChI=1S/C14H14BrN3O2/c1-2-20-12-5-3-4-10(16)13(12)14(19)18-11-6-7-17-8-9(11)15/h3-8H,2,16H2,1H3,(H,17,18,19). The van der Waals surface area contributed by atoms with Gasteiger partial charge in [0.15, 0.2) is 0 Å². The Bertz CT molecular complexity index is 632. The Morgan fingerprint density at radius 3 is 2.95 bits per heavy atom. The Morgan fingerprint density at radius 2 is 2.25 bits per heavy atom. The Morgan fingerprint density at radius 1 is 1.45 bits per heavy atom. The predicted molar refractivity (Wildman–Crippen MR) is 81.9 cm³/mol. The van der Waals surface area contributed by atoms with Gasteiger partial charge in [-0.1, -0.05) is 6.07 Å². The summed E-state index contributed by atoms with van der Waals surface area (Å²) in [6.07, 6.45) is 3.20. The van der Waals surface area contributed by atoms with E-state index in [-0.39, 0.29) is 5.91 Å². The summed E-state index contributed by atoms with van der Waals surface area (Å²) in [5.41, 5.74) is 7.21. The van der Waals surface area contributed by atoms with Crippen molar-refractivity contribution in [2.45, 2.75) is 6.92 Å². The number of ether oxygens (including phenoxy) is 1. The second kappa shape index (κ2) is 6.38. The molecule has 0 aliphatic rings. The van der Waals surface area contributed by atoms with Gasteiger partial charge in [0, 0.05) is 18.1 Å². The van der Waals surface area contributed by atoms with Gasteiger partial charge < -0.3 is 15.8 Å². The first-order valence-corrected chi connectivity index (χ1v) is 6.85. The summed E-state index contributed by atoms with van der Waals surface area (Å²) in [4.78, 5) is 16.3. The van der Waals surface area contributed by atoms with Crippen molar-refractivity contribution in [3.63, 3.8) is 0 Å². The molecule has 1 aromatic carbocycles. The number of benzene rings is 1. The maximum atomic E-state index is 12.4. The maximum Gasteiger partial charge on any atom is 0.261 e. The minimum Gasteiger partial charge on any atom is -0.493 e. The zero-order valence-electron chi connectivity index (χ0n) is 10.9. The number of hydrogen-bond acceptors (Lipinski definition) is 4. The number of nitrogens with zero attached hydrogens (tertiary/aromatic N) is 1. The van der Waals surface area contributed by atoms with E-state index in [1.807, 2.05) is 6.92 Å². The number of halogens is 1. The summed E-state index contributed by atoms with van der Waals surface area (Å²) in [6, 6.07) is 6.83. The van der Waals surface area contributed by atoms with Crippen molar-refractivity contribution in [2.75, 3.05) is 17.7 Å². The average molecular weight is 336 g/mol. The molecule has 0 aliphatic heterocycles. The van der Waals surface area contributed by atoms with Gasteiger partial charge in [0.25, 0.3) is 5.91 Å². The fourth-order valence-electron chi connectivity index (χ4n) is 1.73. The number of nitrogen functional groups attached to an aromatic ring is 1. The number of aromatic nitrogens is 1. The summed E-state index contributed by atoms with van der Waals surface area (Å²) in [6.45, 7) is 2.31. The van der Waals surface area contributed by atoms with Crippen molar-refractivity contribution in [1.82, 2.24) is 4.98 Å². The molecule has 0 spiro atoms. The van der Waals surface area contributed by atoms with Crippen LogP contribution in [0.3, 0.4) is 0 Å². The summed E-state index contributed by atoms with van der Waals surface area (Å²) in [5.74, 6) is 0.147. The largest absolute Gasteiger partial charge is 0.493 e. The van der Waals surface area contributed by atoms with Crippen LogP contribution in [0.2, 0.25) is 0 Å². The highest BCUT2D eigenvalue weighted by atomic mass is 79.9. The number of carbonyl (C=O) groups is 1. The first-order valence-electron chi connectivity index (χ1n) is 6.05. The minimum atomic E-state index is -0.321. The third kappa shape index (κ3) is 3.08. The molecule has 0 saturated heterocycles. The molecule has 0 atom stereocenters. The number of pyridine rings is 1. The molecule has 0 fully saturated rings. The number of carbonyl (C=O) groups excluding carboxylic acids is 1. The van der Waals surface area contributed by atoms with Crippen LogP contribution >= 0.6 is 15.9 Å². The third-order valence-electron chi connectivity index (χ3n) is 2.61. The summed E-state index contributed by atoms with van der Waals surface area (Å²) >= 11 is 3.33. The number of nitrogens with one attached hydrogen (secondary N) is 1. The van der Waals surface area contributed by atoms with Crippen LogP contribution in [0, 0.1) is 0 Å². The van der Waals surface area contributed by atoms with Gasteiger partial charge in [-0.05, 0) is 41.1 Å². The second-order valence-electron chi connectivity index (χ2n) is 3.96. The van der Waals surface area contributed by atoms with Crippen LogP contribution in [0.25, 0.3) is 0 Å². The van der Waals surface area contributed by atoms with Crippen LogP contribution in [0.5, 0.6) is 5.75 Å². The van der Waals surface area contributed by atoms with Crippen molar-refractivity contribution in [3.8, 4) is 5.75 Å². The lowest BCUT2D eigenvalue weighted by Crippen LogP contribution is -2.16. The van der Waals surface area contributed by atoms with Crippen molar-refractivity contribution in [2.24, 2.45) is 0 Å². The van der Waals surface area contributed by atoms with E-state index >= 15 is 0 Å². The van der Waals surface area contributed by atoms with Gasteiger partial charge in [0.05, 0.1) is 16.8 Å². The quantitative estimate of drug-likeness (QED) is 0.841. The molecule has 1 aromatic heterocycles. The highest BCUT2D eigenvalue weighted by Gasteiger charge is 2.17. The van der Waals surface area contributed by atoms with Gasteiger partial charge in [-0.2, -0.15) is 0 Å². The smallest absolute Gasteiger partial charge is 0.261 e. The summed E-state index contributed by atoms with van der Waals surface area (Å²) in [7, 11) is 0. The van der Waals surface area contributed by atoms with Gasteiger partial charge in [-0.3, -0.25) is 9.78 Å². The molecule has 1 amide bonds. The van der Waals surface area contributed by atoms with Crippen LogP contribution in [0.4, 0.5) is 11.4 Å². The van der Waals surface area contributed by atoms with Gasteiger partial charge >= 0.3 is 0 Å². The van der Waals surface area contributed by atoms with E-state index in [0.29, 0.717) is 33.8 Å². The average Bonchev–Trinajstić information content (AvgIpc) is 2.42. The first kappa shape index (κ1) is 14.3. The van der Waals surface area contributed by atoms with E-state index in [4.69, 9.17) is 10.5 Å². The molecular formula is C14H14BrN3O2. The topological polar surface area (TPSA) is 77.2 Å². The molecule has 0 unspecified atom stereocenters. The Hall–Kier alpha value is -2.08. The molecule has 20 heavy (non-hydrogen) atoms. The van der Waals surface area contributed by atoms with Crippen LogP contribution in [-0.2, 0) is 0 Å². The van der Waals surface area contributed by atoms with Gasteiger partial charge in [0.2, 0.25) is 0 Å². The summed E-state index contributed by atoms with van der Waals surface area (Å²) in [5, 5.41) is 2.78. The number of rotatable bonds is 4. The van der Waals surface area contributed by atoms with E-state index in [1.165, 1.54) is 0 Å². The fourth-order valence-corrected chi connectivity index (χ4v) is 2.08. The SMILES string of the molecule is CCOc1cccc(N)c1C(=O)Nc1ccncc1Br. The Labute approximate surface area is 125 Å². The van der Waals surface area contributed by atoms with Gasteiger partial charge in [0.1, 0.15) is 11.3 Å². The van der Waals surface area contributed by atoms with E-state index in [9.17, 15) is 4.79 Å². The van der Waals surface area contributed by atoms with Crippen LogP contribution in [0.15, 0.2) is 41.1 Å². The first-order chi connectivity index (χ1) is 9.63. The van der Waals surface area contributed by atoms with Crippen LogP contribution in [0.1, 0.15) is 17.3 Å². The van der Waals surface area contributed by atoms with Crippen molar-refractivity contribution in [3.05, 3.63) is 46.7 Å². The van der Waals surface area contributed by atoms with Crippen molar-refractivity contribution in [1.29, 1.82) is 0 Å². The van der Waals surface area contributed by atoms with Crippen molar-refractivity contribution >= 4 is 33.2 Å². The molecule has 5 nitrogen and oxygen atoms in total. The molecule has 0 radical (unpaired) electrons. The Balaban J connectivity index is 2.32. The Kier molecular flexibility index (Phi) is 4.57. The summed E-state index contributed by atoms with van der Waals surface area (Å²) < 4.78 is 6.14. The number of nitrogens with two attached hydrogens (primary N) is 1. The van der Waals surface area contributed by atoms with Gasteiger partial charge in [-0.25, -0.2) is 0 Å². The number of amides is 1. The molecular weight excluding hydrogens is 322 g/mol. The second-order valence-corrected chi connectivity index (χ2v) is 4.82. The zero-order valence-corrected chi connectivity index (χ0v) is 12.5. The molecule has 0 saturated carbocycles.